The lowest BCUT2D eigenvalue weighted by Gasteiger charge is -2.28. The first-order valence-electron chi connectivity index (χ1n) is 7.70. The van der Waals surface area contributed by atoms with Gasteiger partial charge >= 0.3 is 6.61 Å². The number of anilines is 1. The van der Waals surface area contributed by atoms with Gasteiger partial charge in [-0.05, 0) is 49.9 Å². The SMILES string of the molecule is CC(CC(=O)Nc1ccc(F)cc1OC(F)F)C1CCCNC1.Cl. The van der Waals surface area contributed by atoms with Gasteiger partial charge in [-0.3, -0.25) is 4.79 Å². The normalized spacial score (nSPS) is 18.6. The first-order valence-corrected chi connectivity index (χ1v) is 7.70. The minimum Gasteiger partial charge on any atom is -0.432 e. The zero-order valence-electron chi connectivity index (χ0n) is 13.4. The zero-order chi connectivity index (χ0) is 16.8. The van der Waals surface area contributed by atoms with Gasteiger partial charge < -0.3 is 15.4 Å². The van der Waals surface area contributed by atoms with E-state index in [2.05, 4.69) is 15.4 Å². The van der Waals surface area contributed by atoms with Crippen LogP contribution in [-0.4, -0.2) is 25.6 Å². The first-order chi connectivity index (χ1) is 11.0. The van der Waals surface area contributed by atoms with E-state index in [0.29, 0.717) is 5.92 Å². The van der Waals surface area contributed by atoms with Gasteiger partial charge in [-0.1, -0.05) is 6.92 Å². The van der Waals surface area contributed by atoms with Gasteiger partial charge in [0, 0.05) is 12.5 Å². The van der Waals surface area contributed by atoms with Crippen molar-refractivity contribution in [2.45, 2.75) is 32.8 Å². The third-order valence-electron chi connectivity index (χ3n) is 4.08. The highest BCUT2D eigenvalue weighted by atomic mass is 35.5. The summed E-state index contributed by atoms with van der Waals surface area (Å²) in [6, 6.07) is 3.14. The van der Waals surface area contributed by atoms with Gasteiger partial charge in [0.2, 0.25) is 5.91 Å². The fourth-order valence-electron chi connectivity index (χ4n) is 2.82. The summed E-state index contributed by atoms with van der Waals surface area (Å²) in [7, 11) is 0. The third-order valence-corrected chi connectivity index (χ3v) is 4.08. The molecule has 2 unspecified atom stereocenters. The second-order valence-corrected chi connectivity index (χ2v) is 5.86. The maximum atomic E-state index is 13.1. The number of benzene rings is 1. The van der Waals surface area contributed by atoms with Crippen molar-refractivity contribution in [1.29, 1.82) is 0 Å². The number of halogens is 4. The molecule has 8 heteroatoms. The van der Waals surface area contributed by atoms with Crippen molar-refractivity contribution >= 4 is 24.0 Å². The topological polar surface area (TPSA) is 50.4 Å². The number of piperidine rings is 1. The minimum atomic E-state index is -3.08. The molecule has 1 heterocycles. The molecule has 0 saturated carbocycles. The van der Waals surface area contributed by atoms with Gasteiger partial charge in [0.25, 0.3) is 0 Å². The Kier molecular flexibility index (Phi) is 8.35. The number of ether oxygens (including phenoxy) is 1. The Morgan fingerprint density at radius 1 is 1.46 bits per heavy atom. The van der Waals surface area contributed by atoms with Crippen molar-refractivity contribution in [3.05, 3.63) is 24.0 Å². The Hall–Kier alpha value is -1.47. The minimum absolute atomic E-state index is 0. The molecule has 1 aromatic rings. The third kappa shape index (κ3) is 6.20. The molecule has 24 heavy (non-hydrogen) atoms. The van der Waals surface area contributed by atoms with E-state index in [1.807, 2.05) is 6.92 Å². The van der Waals surface area contributed by atoms with E-state index in [-0.39, 0.29) is 42.1 Å². The van der Waals surface area contributed by atoms with Crippen molar-refractivity contribution in [3.63, 3.8) is 0 Å². The molecule has 1 fully saturated rings. The molecule has 1 aliphatic heterocycles. The fourth-order valence-corrected chi connectivity index (χ4v) is 2.82. The average Bonchev–Trinajstić information content (AvgIpc) is 2.50. The Labute approximate surface area is 145 Å². The molecule has 2 N–H and O–H groups in total. The van der Waals surface area contributed by atoms with Crippen LogP contribution in [0.5, 0.6) is 5.75 Å². The molecule has 0 aromatic heterocycles. The number of carbonyl (C=O) groups excluding carboxylic acids is 1. The molecule has 1 aliphatic rings. The zero-order valence-corrected chi connectivity index (χ0v) is 14.2. The lowest BCUT2D eigenvalue weighted by Crippen LogP contribution is -2.34. The fraction of sp³-hybridized carbons (Fsp3) is 0.562. The van der Waals surface area contributed by atoms with Crippen LogP contribution in [0.25, 0.3) is 0 Å². The van der Waals surface area contributed by atoms with Gasteiger partial charge in [0.05, 0.1) is 5.69 Å². The highest BCUT2D eigenvalue weighted by Gasteiger charge is 2.22. The molecular formula is C16H22ClF3N2O2. The number of hydrogen-bond acceptors (Lipinski definition) is 3. The maximum Gasteiger partial charge on any atom is 0.387 e. The van der Waals surface area contributed by atoms with Gasteiger partial charge in [-0.2, -0.15) is 8.78 Å². The summed E-state index contributed by atoms with van der Waals surface area (Å²) in [6.45, 7) is 0.794. The molecule has 1 aromatic carbocycles. The Morgan fingerprint density at radius 3 is 2.83 bits per heavy atom. The first kappa shape index (κ1) is 20.6. The van der Waals surface area contributed by atoms with Crippen LogP contribution in [0.4, 0.5) is 18.9 Å². The van der Waals surface area contributed by atoms with Crippen molar-refractivity contribution in [2.24, 2.45) is 11.8 Å². The van der Waals surface area contributed by atoms with Gasteiger partial charge in [0.1, 0.15) is 5.82 Å². The summed E-state index contributed by atoms with van der Waals surface area (Å²) < 4.78 is 42.1. The van der Waals surface area contributed by atoms with Gasteiger partial charge in [0.15, 0.2) is 5.75 Å². The van der Waals surface area contributed by atoms with Crippen LogP contribution in [0.15, 0.2) is 18.2 Å². The Bertz CT molecular complexity index is 540. The number of rotatable bonds is 6. The molecule has 0 radical (unpaired) electrons. The monoisotopic (exact) mass is 366 g/mol. The second kappa shape index (κ2) is 9.74. The summed E-state index contributed by atoms with van der Waals surface area (Å²) in [6.07, 6.45) is 2.43. The van der Waals surface area contributed by atoms with E-state index in [1.54, 1.807) is 0 Å². The predicted octanol–water partition coefficient (Wildman–Crippen LogP) is 3.81. The molecule has 4 nitrogen and oxygen atoms in total. The predicted molar refractivity (Wildman–Crippen MR) is 88.3 cm³/mol. The summed E-state index contributed by atoms with van der Waals surface area (Å²) in [5, 5.41) is 5.83. The van der Waals surface area contributed by atoms with Crippen LogP contribution in [0.2, 0.25) is 0 Å². The van der Waals surface area contributed by atoms with E-state index in [0.717, 1.165) is 38.1 Å². The largest absolute Gasteiger partial charge is 0.432 e. The van der Waals surface area contributed by atoms with Crippen LogP contribution in [0.3, 0.4) is 0 Å². The summed E-state index contributed by atoms with van der Waals surface area (Å²) >= 11 is 0. The highest BCUT2D eigenvalue weighted by Crippen LogP contribution is 2.28. The summed E-state index contributed by atoms with van der Waals surface area (Å²) in [5.41, 5.74) is 0.0469. The molecule has 0 spiro atoms. The number of hydrogen-bond donors (Lipinski definition) is 2. The second-order valence-electron chi connectivity index (χ2n) is 5.86. The molecule has 136 valence electrons. The molecule has 0 aliphatic carbocycles. The van der Waals surface area contributed by atoms with E-state index in [9.17, 15) is 18.0 Å². The van der Waals surface area contributed by atoms with Crippen molar-refractivity contribution in [3.8, 4) is 5.75 Å². The molecule has 1 amide bonds. The maximum absolute atomic E-state index is 13.1. The Morgan fingerprint density at radius 2 is 2.21 bits per heavy atom. The molecule has 0 bridgehead atoms. The number of nitrogens with one attached hydrogen (secondary N) is 2. The smallest absolute Gasteiger partial charge is 0.387 e. The molecule has 2 atom stereocenters. The van der Waals surface area contributed by atoms with E-state index >= 15 is 0 Å². The van der Waals surface area contributed by atoms with Crippen LogP contribution in [0, 0.1) is 17.7 Å². The lowest BCUT2D eigenvalue weighted by atomic mass is 9.85. The summed E-state index contributed by atoms with van der Waals surface area (Å²) in [4.78, 5) is 12.1. The molecular weight excluding hydrogens is 345 g/mol. The number of amides is 1. The van der Waals surface area contributed by atoms with Crippen LogP contribution in [0.1, 0.15) is 26.2 Å². The van der Waals surface area contributed by atoms with Crippen molar-refractivity contribution < 1.29 is 22.7 Å². The van der Waals surface area contributed by atoms with Gasteiger partial charge in [-0.25, -0.2) is 4.39 Å². The van der Waals surface area contributed by atoms with Gasteiger partial charge in [-0.15, -0.1) is 12.4 Å². The molecule has 1 saturated heterocycles. The average molecular weight is 367 g/mol. The van der Waals surface area contributed by atoms with Crippen molar-refractivity contribution in [2.75, 3.05) is 18.4 Å². The Balaban J connectivity index is 0.00000288. The van der Waals surface area contributed by atoms with Crippen LogP contribution in [-0.2, 0) is 4.79 Å². The number of carbonyl (C=O) groups is 1. The van der Waals surface area contributed by atoms with Crippen LogP contribution >= 0.6 is 12.4 Å². The highest BCUT2D eigenvalue weighted by molar-refractivity contribution is 5.92. The lowest BCUT2D eigenvalue weighted by molar-refractivity contribution is -0.117. The van der Waals surface area contributed by atoms with E-state index in [1.165, 1.54) is 6.07 Å². The van der Waals surface area contributed by atoms with E-state index in [4.69, 9.17) is 0 Å². The van der Waals surface area contributed by atoms with Crippen LogP contribution < -0.4 is 15.4 Å². The summed E-state index contributed by atoms with van der Waals surface area (Å²) in [5.74, 6) is -0.795. The molecule has 2 rings (SSSR count). The quantitative estimate of drug-likeness (QED) is 0.804. The number of alkyl halides is 2. The standard InChI is InChI=1S/C16H21F3N2O2.ClH/c1-10(11-3-2-6-20-9-11)7-15(22)21-13-5-4-12(17)8-14(13)23-16(18)19;/h4-5,8,10-11,16,20H,2-3,6-7,9H2,1H3,(H,21,22);1H. The van der Waals surface area contributed by atoms with Crippen molar-refractivity contribution in [1.82, 2.24) is 5.32 Å². The van der Waals surface area contributed by atoms with E-state index < -0.39 is 12.4 Å².